The fourth-order valence-corrected chi connectivity index (χ4v) is 1.98. The lowest BCUT2D eigenvalue weighted by molar-refractivity contribution is 0.219. The van der Waals surface area contributed by atoms with Gasteiger partial charge in [0.2, 0.25) is 0 Å². The van der Waals surface area contributed by atoms with Gasteiger partial charge in [-0.25, -0.2) is 0 Å². The summed E-state index contributed by atoms with van der Waals surface area (Å²) in [6.07, 6.45) is 1.08. The standard InChI is InChI=1S/C14H23NO/c1-4-13(11(2)3)15-14(10-16)12-8-6-5-7-9-12/h5-9,11,13-16H,4,10H2,1-3H3/t13?,14-/m1/s1. The Morgan fingerprint density at radius 2 is 1.81 bits per heavy atom. The molecule has 0 aliphatic heterocycles. The van der Waals surface area contributed by atoms with Gasteiger partial charge in [0.05, 0.1) is 12.6 Å². The maximum Gasteiger partial charge on any atom is 0.0626 e. The number of nitrogens with one attached hydrogen (secondary N) is 1. The summed E-state index contributed by atoms with van der Waals surface area (Å²) < 4.78 is 0. The van der Waals surface area contributed by atoms with E-state index in [0.717, 1.165) is 12.0 Å². The van der Waals surface area contributed by atoms with Crippen LogP contribution in [0.15, 0.2) is 30.3 Å². The first kappa shape index (κ1) is 13.2. The molecule has 0 aliphatic rings. The van der Waals surface area contributed by atoms with Gasteiger partial charge < -0.3 is 10.4 Å². The van der Waals surface area contributed by atoms with Crippen LogP contribution in [-0.2, 0) is 0 Å². The summed E-state index contributed by atoms with van der Waals surface area (Å²) in [4.78, 5) is 0. The molecule has 0 bridgehead atoms. The Balaban J connectivity index is 2.68. The summed E-state index contributed by atoms with van der Waals surface area (Å²) in [6, 6.07) is 10.6. The summed E-state index contributed by atoms with van der Waals surface area (Å²) in [6.45, 7) is 6.74. The molecule has 1 rings (SSSR count). The average molecular weight is 221 g/mol. The van der Waals surface area contributed by atoms with Crippen LogP contribution in [0, 0.1) is 5.92 Å². The molecule has 0 aromatic heterocycles. The molecule has 2 atom stereocenters. The molecule has 2 nitrogen and oxygen atoms in total. The Labute approximate surface area is 98.7 Å². The highest BCUT2D eigenvalue weighted by Gasteiger charge is 2.17. The van der Waals surface area contributed by atoms with Crippen LogP contribution in [0.5, 0.6) is 0 Å². The zero-order chi connectivity index (χ0) is 12.0. The number of hydrogen-bond acceptors (Lipinski definition) is 2. The van der Waals surface area contributed by atoms with Crippen molar-refractivity contribution in [3.63, 3.8) is 0 Å². The third-order valence-electron chi connectivity index (χ3n) is 3.04. The summed E-state index contributed by atoms with van der Waals surface area (Å²) >= 11 is 0. The number of benzene rings is 1. The van der Waals surface area contributed by atoms with Crippen molar-refractivity contribution in [3.8, 4) is 0 Å². The molecule has 0 heterocycles. The van der Waals surface area contributed by atoms with E-state index in [-0.39, 0.29) is 12.6 Å². The van der Waals surface area contributed by atoms with Crippen LogP contribution < -0.4 is 5.32 Å². The lowest BCUT2D eigenvalue weighted by atomic mass is 9.99. The minimum atomic E-state index is 0.0496. The van der Waals surface area contributed by atoms with Crippen LogP contribution in [0.2, 0.25) is 0 Å². The predicted octanol–water partition coefficient (Wildman–Crippen LogP) is 2.74. The molecule has 0 amide bonds. The molecular weight excluding hydrogens is 198 g/mol. The average Bonchev–Trinajstić information content (AvgIpc) is 2.31. The van der Waals surface area contributed by atoms with Gasteiger partial charge in [-0.1, -0.05) is 51.1 Å². The van der Waals surface area contributed by atoms with Crippen molar-refractivity contribution in [2.45, 2.75) is 39.3 Å². The van der Waals surface area contributed by atoms with Gasteiger partial charge in [0.1, 0.15) is 0 Å². The second kappa shape index (κ2) is 6.66. The van der Waals surface area contributed by atoms with Gasteiger partial charge in [0.25, 0.3) is 0 Å². The number of hydrogen-bond donors (Lipinski definition) is 2. The van der Waals surface area contributed by atoms with E-state index < -0.39 is 0 Å². The fourth-order valence-electron chi connectivity index (χ4n) is 1.98. The largest absolute Gasteiger partial charge is 0.394 e. The van der Waals surface area contributed by atoms with Crippen molar-refractivity contribution in [2.24, 2.45) is 5.92 Å². The van der Waals surface area contributed by atoms with Crippen molar-refractivity contribution < 1.29 is 5.11 Å². The topological polar surface area (TPSA) is 32.3 Å². The summed E-state index contributed by atoms with van der Waals surface area (Å²) in [5.74, 6) is 0.586. The van der Waals surface area contributed by atoms with Gasteiger partial charge >= 0.3 is 0 Å². The normalized spacial score (nSPS) is 15.1. The first-order valence-electron chi connectivity index (χ1n) is 6.10. The zero-order valence-electron chi connectivity index (χ0n) is 10.5. The van der Waals surface area contributed by atoms with Crippen molar-refractivity contribution in [3.05, 3.63) is 35.9 Å². The van der Waals surface area contributed by atoms with Crippen molar-refractivity contribution in [1.82, 2.24) is 5.32 Å². The molecule has 0 aliphatic carbocycles. The zero-order valence-corrected chi connectivity index (χ0v) is 10.5. The second-order valence-corrected chi connectivity index (χ2v) is 4.57. The molecular formula is C14H23NO. The van der Waals surface area contributed by atoms with E-state index in [1.165, 1.54) is 0 Å². The summed E-state index contributed by atoms with van der Waals surface area (Å²) in [5, 5.41) is 13.0. The van der Waals surface area contributed by atoms with E-state index in [4.69, 9.17) is 0 Å². The van der Waals surface area contributed by atoms with Gasteiger partial charge in [-0.05, 0) is 17.9 Å². The first-order chi connectivity index (χ1) is 7.69. The van der Waals surface area contributed by atoms with Gasteiger partial charge in [0.15, 0.2) is 0 Å². The minimum absolute atomic E-state index is 0.0496. The highest BCUT2D eigenvalue weighted by atomic mass is 16.3. The van der Waals surface area contributed by atoms with Gasteiger partial charge in [0, 0.05) is 6.04 Å². The molecule has 1 aromatic rings. The van der Waals surface area contributed by atoms with E-state index in [9.17, 15) is 5.11 Å². The number of aliphatic hydroxyl groups is 1. The molecule has 0 spiro atoms. The molecule has 0 saturated heterocycles. The maximum absolute atomic E-state index is 9.44. The minimum Gasteiger partial charge on any atom is -0.394 e. The van der Waals surface area contributed by atoms with E-state index in [1.54, 1.807) is 0 Å². The Morgan fingerprint density at radius 1 is 1.19 bits per heavy atom. The highest BCUT2D eigenvalue weighted by molar-refractivity contribution is 5.19. The van der Waals surface area contributed by atoms with Crippen molar-refractivity contribution in [1.29, 1.82) is 0 Å². The van der Waals surface area contributed by atoms with Crippen LogP contribution in [-0.4, -0.2) is 17.8 Å². The molecule has 90 valence electrons. The third-order valence-corrected chi connectivity index (χ3v) is 3.04. The van der Waals surface area contributed by atoms with Crippen LogP contribution in [0.3, 0.4) is 0 Å². The Hall–Kier alpha value is -0.860. The Morgan fingerprint density at radius 3 is 2.25 bits per heavy atom. The van der Waals surface area contributed by atoms with Crippen LogP contribution >= 0.6 is 0 Å². The third kappa shape index (κ3) is 3.62. The molecule has 0 radical (unpaired) electrons. The van der Waals surface area contributed by atoms with Crippen LogP contribution in [0.4, 0.5) is 0 Å². The first-order valence-corrected chi connectivity index (χ1v) is 6.10. The van der Waals surface area contributed by atoms with E-state index in [1.807, 2.05) is 18.2 Å². The van der Waals surface area contributed by atoms with E-state index >= 15 is 0 Å². The van der Waals surface area contributed by atoms with Crippen LogP contribution in [0.25, 0.3) is 0 Å². The summed E-state index contributed by atoms with van der Waals surface area (Å²) in [7, 11) is 0. The van der Waals surface area contributed by atoms with Crippen molar-refractivity contribution >= 4 is 0 Å². The smallest absolute Gasteiger partial charge is 0.0626 e. The lowest BCUT2D eigenvalue weighted by Crippen LogP contribution is -2.37. The van der Waals surface area contributed by atoms with Gasteiger partial charge in [-0.3, -0.25) is 0 Å². The van der Waals surface area contributed by atoms with Gasteiger partial charge in [-0.2, -0.15) is 0 Å². The Bertz CT molecular complexity index is 284. The summed E-state index contributed by atoms with van der Waals surface area (Å²) in [5.41, 5.74) is 1.16. The van der Waals surface area contributed by atoms with Crippen molar-refractivity contribution in [2.75, 3.05) is 6.61 Å². The van der Waals surface area contributed by atoms with Crippen LogP contribution in [0.1, 0.15) is 38.8 Å². The molecule has 0 saturated carbocycles. The Kier molecular flexibility index (Phi) is 5.50. The molecule has 16 heavy (non-hydrogen) atoms. The molecule has 2 heteroatoms. The SMILES string of the molecule is CCC(N[C@H](CO)c1ccccc1)C(C)C. The molecule has 1 aromatic carbocycles. The molecule has 1 unspecified atom stereocenters. The second-order valence-electron chi connectivity index (χ2n) is 4.57. The quantitative estimate of drug-likeness (QED) is 0.774. The maximum atomic E-state index is 9.44. The lowest BCUT2D eigenvalue weighted by Gasteiger charge is -2.26. The number of rotatable bonds is 6. The predicted molar refractivity (Wildman–Crippen MR) is 68.3 cm³/mol. The van der Waals surface area contributed by atoms with E-state index in [0.29, 0.717) is 12.0 Å². The van der Waals surface area contributed by atoms with Gasteiger partial charge in [-0.15, -0.1) is 0 Å². The highest BCUT2D eigenvalue weighted by Crippen LogP contribution is 2.16. The number of aliphatic hydroxyl groups excluding tert-OH is 1. The molecule has 0 fully saturated rings. The monoisotopic (exact) mass is 221 g/mol. The fraction of sp³-hybridized carbons (Fsp3) is 0.571. The molecule has 2 N–H and O–H groups in total. The van der Waals surface area contributed by atoms with E-state index in [2.05, 4.69) is 38.2 Å².